The molecule has 0 saturated carbocycles. The quantitative estimate of drug-likeness (QED) is 0.759. The van der Waals surface area contributed by atoms with Crippen LogP contribution >= 0.6 is 0 Å². The Morgan fingerprint density at radius 2 is 1.87 bits per heavy atom. The van der Waals surface area contributed by atoms with Gasteiger partial charge in [-0.15, -0.1) is 0 Å². The highest BCUT2D eigenvalue weighted by molar-refractivity contribution is 5.91. The van der Waals surface area contributed by atoms with Crippen LogP contribution in [-0.2, 0) is 13.2 Å². The number of nitrogens with zero attached hydrogens (tertiary/aromatic N) is 1. The average Bonchev–Trinajstić information content (AvgIpc) is 3.09. The summed E-state index contributed by atoms with van der Waals surface area (Å²) in [5.41, 5.74) is 0.792. The van der Waals surface area contributed by atoms with Gasteiger partial charge < -0.3 is 14.5 Å². The molecular weight excluding hydrogens is 292 g/mol. The van der Waals surface area contributed by atoms with Crippen LogP contribution in [0.1, 0.15) is 22.0 Å². The van der Waals surface area contributed by atoms with Crippen LogP contribution in [0.25, 0.3) is 0 Å². The standard InChI is InChI=1S/C18H16N2O3/c21-18(20-12-14-6-4-5-11-19-14)17-10-9-16(23-17)13-22-15-7-2-1-3-8-15/h1-11H,12-13H2,(H,20,21). The van der Waals surface area contributed by atoms with Gasteiger partial charge in [0, 0.05) is 6.20 Å². The molecule has 0 aliphatic rings. The lowest BCUT2D eigenvalue weighted by molar-refractivity contribution is 0.0918. The number of rotatable bonds is 6. The Bertz CT molecular complexity index is 754. The number of carbonyl (C=O) groups excluding carboxylic acids is 1. The van der Waals surface area contributed by atoms with Crippen LogP contribution in [0.5, 0.6) is 5.75 Å². The smallest absolute Gasteiger partial charge is 0.287 e. The third-order valence-corrected chi connectivity index (χ3v) is 3.17. The van der Waals surface area contributed by atoms with Crippen molar-refractivity contribution in [3.63, 3.8) is 0 Å². The SMILES string of the molecule is O=C(NCc1ccccn1)c1ccc(COc2ccccc2)o1. The predicted molar refractivity (Wildman–Crippen MR) is 84.9 cm³/mol. The number of ether oxygens (including phenoxy) is 1. The van der Waals surface area contributed by atoms with Crippen molar-refractivity contribution in [1.82, 2.24) is 10.3 Å². The van der Waals surface area contributed by atoms with Crippen molar-refractivity contribution >= 4 is 5.91 Å². The molecular formula is C18H16N2O3. The zero-order chi connectivity index (χ0) is 15.9. The maximum absolute atomic E-state index is 12.0. The van der Waals surface area contributed by atoms with Gasteiger partial charge in [-0.2, -0.15) is 0 Å². The highest BCUT2D eigenvalue weighted by Gasteiger charge is 2.11. The van der Waals surface area contributed by atoms with Gasteiger partial charge in [-0.1, -0.05) is 24.3 Å². The first kappa shape index (κ1) is 14.8. The lowest BCUT2D eigenvalue weighted by atomic mass is 10.3. The minimum atomic E-state index is -0.276. The van der Waals surface area contributed by atoms with Gasteiger partial charge in [0.25, 0.3) is 5.91 Å². The number of hydrogen-bond donors (Lipinski definition) is 1. The summed E-state index contributed by atoms with van der Waals surface area (Å²) < 4.78 is 11.1. The van der Waals surface area contributed by atoms with Crippen molar-refractivity contribution in [3.05, 3.63) is 84.1 Å². The van der Waals surface area contributed by atoms with Crippen LogP contribution in [0.15, 0.2) is 71.3 Å². The Kier molecular flexibility index (Phi) is 4.69. The van der Waals surface area contributed by atoms with E-state index in [1.807, 2.05) is 48.5 Å². The molecule has 0 radical (unpaired) electrons. The normalized spacial score (nSPS) is 10.3. The van der Waals surface area contributed by atoms with Crippen LogP contribution in [0.4, 0.5) is 0 Å². The Labute approximate surface area is 133 Å². The topological polar surface area (TPSA) is 64.4 Å². The van der Waals surface area contributed by atoms with Crippen LogP contribution in [0.2, 0.25) is 0 Å². The second kappa shape index (κ2) is 7.26. The van der Waals surface area contributed by atoms with Gasteiger partial charge in [0.05, 0.1) is 12.2 Å². The van der Waals surface area contributed by atoms with Gasteiger partial charge in [-0.05, 0) is 36.4 Å². The van der Waals surface area contributed by atoms with Gasteiger partial charge in [0.15, 0.2) is 5.76 Å². The molecule has 2 aromatic heterocycles. The lowest BCUT2D eigenvalue weighted by Crippen LogP contribution is -2.22. The Morgan fingerprint density at radius 1 is 1.04 bits per heavy atom. The van der Waals surface area contributed by atoms with Crippen LogP contribution in [0, 0.1) is 0 Å². The first-order valence-electron chi connectivity index (χ1n) is 7.26. The van der Waals surface area contributed by atoms with E-state index < -0.39 is 0 Å². The molecule has 0 saturated heterocycles. The summed E-state index contributed by atoms with van der Waals surface area (Å²) in [6.45, 7) is 0.633. The van der Waals surface area contributed by atoms with Gasteiger partial charge in [-0.25, -0.2) is 0 Å². The van der Waals surface area contributed by atoms with Gasteiger partial charge in [-0.3, -0.25) is 9.78 Å². The molecule has 3 aromatic rings. The Morgan fingerprint density at radius 3 is 2.65 bits per heavy atom. The number of furan rings is 1. The van der Waals surface area contributed by atoms with Crippen LogP contribution < -0.4 is 10.1 Å². The zero-order valence-electron chi connectivity index (χ0n) is 12.4. The van der Waals surface area contributed by atoms with Crippen molar-refractivity contribution < 1.29 is 13.9 Å². The van der Waals surface area contributed by atoms with E-state index in [0.717, 1.165) is 11.4 Å². The number of aromatic nitrogens is 1. The fourth-order valence-corrected chi connectivity index (χ4v) is 2.01. The van der Waals surface area contributed by atoms with Crippen molar-refractivity contribution in [1.29, 1.82) is 0 Å². The van der Waals surface area contributed by atoms with E-state index in [0.29, 0.717) is 12.3 Å². The fraction of sp³-hybridized carbons (Fsp3) is 0.111. The van der Waals surface area contributed by atoms with E-state index in [1.165, 1.54) is 0 Å². The Balaban J connectivity index is 1.53. The van der Waals surface area contributed by atoms with Gasteiger partial charge in [0.1, 0.15) is 18.1 Å². The zero-order valence-corrected chi connectivity index (χ0v) is 12.4. The van der Waals surface area contributed by atoms with E-state index in [4.69, 9.17) is 9.15 Å². The second-order valence-electron chi connectivity index (χ2n) is 4.87. The van der Waals surface area contributed by atoms with E-state index in [1.54, 1.807) is 18.3 Å². The van der Waals surface area contributed by atoms with Crippen LogP contribution in [-0.4, -0.2) is 10.9 Å². The highest BCUT2D eigenvalue weighted by atomic mass is 16.5. The second-order valence-corrected chi connectivity index (χ2v) is 4.87. The molecule has 23 heavy (non-hydrogen) atoms. The molecule has 0 unspecified atom stereocenters. The predicted octanol–water partition coefficient (Wildman–Crippen LogP) is 3.18. The molecule has 0 bridgehead atoms. The molecule has 0 fully saturated rings. The number of amides is 1. The average molecular weight is 308 g/mol. The maximum Gasteiger partial charge on any atom is 0.287 e. The van der Waals surface area contributed by atoms with Crippen molar-refractivity contribution in [3.8, 4) is 5.75 Å². The summed E-state index contributed by atoms with van der Waals surface area (Å²) in [4.78, 5) is 16.2. The highest BCUT2D eigenvalue weighted by Crippen LogP contribution is 2.14. The number of hydrogen-bond acceptors (Lipinski definition) is 4. The Hall–Kier alpha value is -3.08. The van der Waals surface area contributed by atoms with E-state index in [-0.39, 0.29) is 18.3 Å². The van der Waals surface area contributed by atoms with Crippen molar-refractivity contribution in [2.24, 2.45) is 0 Å². The third kappa shape index (κ3) is 4.20. The van der Waals surface area contributed by atoms with E-state index in [9.17, 15) is 4.79 Å². The molecule has 5 nitrogen and oxygen atoms in total. The van der Waals surface area contributed by atoms with Gasteiger partial charge >= 0.3 is 0 Å². The molecule has 2 heterocycles. The third-order valence-electron chi connectivity index (χ3n) is 3.17. The van der Waals surface area contributed by atoms with Crippen molar-refractivity contribution in [2.45, 2.75) is 13.2 Å². The summed E-state index contributed by atoms with van der Waals surface area (Å²) >= 11 is 0. The van der Waals surface area contributed by atoms with E-state index >= 15 is 0 Å². The van der Waals surface area contributed by atoms with E-state index in [2.05, 4.69) is 10.3 Å². The molecule has 0 aliphatic carbocycles. The summed E-state index contributed by atoms with van der Waals surface area (Å²) in [6.07, 6.45) is 1.69. The molecule has 1 amide bonds. The summed E-state index contributed by atoms with van der Waals surface area (Å²) in [6, 6.07) is 18.4. The molecule has 3 rings (SSSR count). The summed E-state index contributed by atoms with van der Waals surface area (Å²) in [7, 11) is 0. The minimum Gasteiger partial charge on any atom is -0.486 e. The number of nitrogens with one attached hydrogen (secondary N) is 1. The maximum atomic E-state index is 12.0. The van der Waals surface area contributed by atoms with Crippen molar-refractivity contribution in [2.75, 3.05) is 0 Å². The minimum absolute atomic E-state index is 0.257. The monoisotopic (exact) mass is 308 g/mol. The molecule has 1 N–H and O–H groups in total. The largest absolute Gasteiger partial charge is 0.486 e. The summed E-state index contributed by atoms with van der Waals surface area (Å²) in [5, 5.41) is 2.77. The first-order chi connectivity index (χ1) is 11.3. The van der Waals surface area contributed by atoms with Crippen LogP contribution in [0.3, 0.4) is 0 Å². The molecule has 1 aromatic carbocycles. The molecule has 5 heteroatoms. The summed E-state index contributed by atoms with van der Waals surface area (Å²) in [5.74, 6) is 1.33. The first-order valence-corrected chi connectivity index (χ1v) is 7.26. The number of pyridine rings is 1. The number of benzene rings is 1. The molecule has 0 spiro atoms. The molecule has 0 aliphatic heterocycles. The number of carbonyl (C=O) groups is 1. The molecule has 0 atom stereocenters. The number of para-hydroxylation sites is 1. The van der Waals surface area contributed by atoms with Gasteiger partial charge in [0.2, 0.25) is 0 Å². The lowest BCUT2D eigenvalue weighted by Gasteiger charge is -2.04. The fourth-order valence-electron chi connectivity index (χ4n) is 2.01. The molecule has 116 valence electrons.